The van der Waals surface area contributed by atoms with Crippen LogP contribution in [0.2, 0.25) is 0 Å². The molecule has 0 radical (unpaired) electrons. The van der Waals surface area contributed by atoms with Crippen LogP contribution in [0.15, 0.2) is 24.3 Å². The number of nitrogens with one attached hydrogen (secondary N) is 1. The van der Waals surface area contributed by atoms with Crippen molar-refractivity contribution in [2.75, 3.05) is 24.5 Å². The molecule has 1 aromatic carbocycles. The number of anilines is 1. The van der Waals surface area contributed by atoms with Gasteiger partial charge in [0.1, 0.15) is 0 Å². The zero-order chi connectivity index (χ0) is 12.6. The summed E-state index contributed by atoms with van der Waals surface area (Å²) in [6.45, 7) is 2.05. The second-order valence-electron chi connectivity index (χ2n) is 5.33. The summed E-state index contributed by atoms with van der Waals surface area (Å²) in [7, 11) is 0. The first-order chi connectivity index (χ1) is 8.67. The normalized spacial score (nSPS) is 22.3. The van der Waals surface area contributed by atoms with E-state index in [4.69, 9.17) is 5.73 Å². The minimum atomic E-state index is -0.0994. The minimum Gasteiger partial charge on any atom is -0.360 e. The van der Waals surface area contributed by atoms with Gasteiger partial charge in [0.2, 0.25) is 5.91 Å². The number of amides is 1. The predicted octanol–water partition coefficient (Wildman–Crippen LogP) is 0.961. The van der Waals surface area contributed by atoms with Gasteiger partial charge in [-0.3, -0.25) is 4.79 Å². The van der Waals surface area contributed by atoms with Crippen LogP contribution >= 0.6 is 0 Å². The summed E-state index contributed by atoms with van der Waals surface area (Å²) in [5.74, 6) is 0.0969. The van der Waals surface area contributed by atoms with Gasteiger partial charge in [0.05, 0.1) is 6.54 Å². The standard InChI is InChI=1S/C14H19N3O/c15-14(6-1-7-14)11-2-4-12(5-3-11)17-9-8-16-13(18)10-17/h2-5H,1,6-10,15H2,(H,16,18). The molecular formula is C14H19N3O. The van der Waals surface area contributed by atoms with Crippen LogP contribution < -0.4 is 16.0 Å². The van der Waals surface area contributed by atoms with E-state index in [1.807, 2.05) is 0 Å². The van der Waals surface area contributed by atoms with Crippen LogP contribution in [-0.2, 0) is 10.3 Å². The van der Waals surface area contributed by atoms with Crippen molar-refractivity contribution in [2.45, 2.75) is 24.8 Å². The molecule has 2 aliphatic rings. The molecule has 0 bridgehead atoms. The average Bonchev–Trinajstić information content (AvgIpc) is 2.36. The van der Waals surface area contributed by atoms with Gasteiger partial charge in [-0.2, -0.15) is 0 Å². The summed E-state index contributed by atoms with van der Waals surface area (Å²) >= 11 is 0. The van der Waals surface area contributed by atoms with Crippen LogP contribution in [0.4, 0.5) is 5.69 Å². The molecule has 4 nitrogen and oxygen atoms in total. The predicted molar refractivity (Wildman–Crippen MR) is 71.4 cm³/mol. The topological polar surface area (TPSA) is 58.4 Å². The molecule has 1 saturated heterocycles. The van der Waals surface area contributed by atoms with Crippen molar-refractivity contribution in [2.24, 2.45) is 5.73 Å². The van der Waals surface area contributed by atoms with E-state index < -0.39 is 0 Å². The molecule has 0 unspecified atom stereocenters. The van der Waals surface area contributed by atoms with Gasteiger partial charge >= 0.3 is 0 Å². The highest BCUT2D eigenvalue weighted by molar-refractivity contribution is 5.82. The summed E-state index contributed by atoms with van der Waals surface area (Å²) in [5, 5.41) is 2.84. The van der Waals surface area contributed by atoms with Gasteiger partial charge in [-0.05, 0) is 37.0 Å². The highest BCUT2D eigenvalue weighted by Gasteiger charge is 2.34. The molecule has 2 fully saturated rings. The number of hydrogen-bond acceptors (Lipinski definition) is 3. The molecule has 18 heavy (non-hydrogen) atoms. The van der Waals surface area contributed by atoms with Crippen molar-refractivity contribution in [3.63, 3.8) is 0 Å². The Balaban J connectivity index is 1.76. The Morgan fingerprint density at radius 3 is 2.50 bits per heavy atom. The van der Waals surface area contributed by atoms with Crippen molar-refractivity contribution in [1.29, 1.82) is 0 Å². The Morgan fingerprint density at radius 1 is 1.22 bits per heavy atom. The molecule has 1 aromatic rings. The maximum atomic E-state index is 11.4. The van der Waals surface area contributed by atoms with Crippen LogP contribution in [0.3, 0.4) is 0 Å². The highest BCUT2D eigenvalue weighted by Crippen LogP contribution is 2.39. The van der Waals surface area contributed by atoms with Crippen molar-refractivity contribution in [1.82, 2.24) is 5.32 Å². The number of carbonyl (C=O) groups excluding carboxylic acids is 1. The van der Waals surface area contributed by atoms with Crippen LogP contribution in [0.1, 0.15) is 24.8 Å². The van der Waals surface area contributed by atoms with Crippen molar-refractivity contribution >= 4 is 11.6 Å². The van der Waals surface area contributed by atoms with E-state index >= 15 is 0 Å². The Labute approximate surface area is 107 Å². The van der Waals surface area contributed by atoms with E-state index in [0.29, 0.717) is 6.54 Å². The second kappa shape index (κ2) is 4.28. The fourth-order valence-electron chi connectivity index (χ4n) is 2.71. The number of nitrogens with two attached hydrogens (primary N) is 1. The monoisotopic (exact) mass is 245 g/mol. The molecule has 3 N–H and O–H groups in total. The van der Waals surface area contributed by atoms with E-state index in [1.165, 1.54) is 12.0 Å². The Hall–Kier alpha value is -1.55. The first-order valence-corrected chi connectivity index (χ1v) is 6.58. The number of hydrogen-bond donors (Lipinski definition) is 2. The fourth-order valence-corrected chi connectivity index (χ4v) is 2.71. The van der Waals surface area contributed by atoms with Crippen LogP contribution in [0, 0.1) is 0 Å². The van der Waals surface area contributed by atoms with Crippen molar-refractivity contribution in [3.05, 3.63) is 29.8 Å². The first kappa shape index (κ1) is 11.5. The number of carbonyl (C=O) groups is 1. The van der Waals surface area contributed by atoms with E-state index in [1.54, 1.807) is 0 Å². The molecule has 1 heterocycles. The summed E-state index contributed by atoms with van der Waals surface area (Å²) in [6.07, 6.45) is 3.39. The van der Waals surface area contributed by atoms with Crippen LogP contribution in [-0.4, -0.2) is 25.5 Å². The third-order valence-electron chi connectivity index (χ3n) is 4.09. The van der Waals surface area contributed by atoms with Gasteiger partial charge < -0.3 is 16.0 Å². The van der Waals surface area contributed by atoms with Gasteiger partial charge in [-0.15, -0.1) is 0 Å². The van der Waals surface area contributed by atoms with Crippen LogP contribution in [0.5, 0.6) is 0 Å². The number of nitrogens with zero attached hydrogens (tertiary/aromatic N) is 1. The molecule has 1 saturated carbocycles. The lowest BCUT2D eigenvalue weighted by Crippen LogP contribution is -2.47. The van der Waals surface area contributed by atoms with E-state index in [0.717, 1.165) is 31.6 Å². The molecule has 0 atom stereocenters. The minimum absolute atomic E-state index is 0.0969. The molecule has 0 spiro atoms. The van der Waals surface area contributed by atoms with Crippen LogP contribution in [0.25, 0.3) is 0 Å². The summed E-state index contributed by atoms with van der Waals surface area (Å²) in [5.41, 5.74) is 8.53. The van der Waals surface area contributed by atoms with E-state index in [9.17, 15) is 4.79 Å². The fraction of sp³-hybridized carbons (Fsp3) is 0.500. The molecule has 4 heteroatoms. The SMILES string of the molecule is NC1(c2ccc(N3CCNC(=O)C3)cc2)CCC1. The van der Waals surface area contributed by atoms with E-state index in [-0.39, 0.29) is 11.4 Å². The molecule has 1 amide bonds. The lowest BCUT2D eigenvalue weighted by molar-refractivity contribution is -0.120. The Morgan fingerprint density at radius 2 is 1.94 bits per heavy atom. The van der Waals surface area contributed by atoms with Gasteiger partial charge in [0.15, 0.2) is 0 Å². The zero-order valence-electron chi connectivity index (χ0n) is 10.5. The van der Waals surface area contributed by atoms with Crippen molar-refractivity contribution in [3.8, 4) is 0 Å². The summed E-state index contributed by atoms with van der Waals surface area (Å²) < 4.78 is 0. The first-order valence-electron chi connectivity index (χ1n) is 6.58. The number of rotatable bonds is 2. The molecule has 1 aliphatic heterocycles. The quantitative estimate of drug-likeness (QED) is 0.816. The number of piperazine rings is 1. The molecular weight excluding hydrogens is 226 g/mol. The van der Waals surface area contributed by atoms with Gasteiger partial charge in [-0.25, -0.2) is 0 Å². The molecule has 3 rings (SSSR count). The average molecular weight is 245 g/mol. The smallest absolute Gasteiger partial charge is 0.239 e. The maximum Gasteiger partial charge on any atom is 0.239 e. The largest absolute Gasteiger partial charge is 0.360 e. The van der Waals surface area contributed by atoms with Gasteiger partial charge in [-0.1, -0.05) is 12.1 Å². The Kier molecular flexibility index (Phi) is 2.74. The number of benzene rings is 1. The second-order valence-corrected chi connectivity index (χ2v) is 5.33. The summed E-state index contributed by atoms with van der Waals surface area (Å²) in [4.78, 5) is 13.5. The van der Waals surface area contributed by atoms with Crippen molar-refractivity contribution < 1.29 is 4.79 Å². The molecule has 1 aliphatic carbocycles. The lowest BCUT2D eigenvalue weighted by atomic mass is 9.73. The molecule has 0 aromatic heterocycles. The highest BCUT2D eigenvalue weighted by atomic mass is 16.2. The zero-order valence-corrected chi connectivity index (χ0v) is 10.5. The third-order valence-corrected chi connectivity index (χ3v) is 4.09. The third kappa shape index (κ3) is 1.97. The maximum absolute atomic E-state index is 11.4. The lowest BCUT2D eigenvalue weighted by Gasteiger charge is -2.39. The summed E-state index contributed by atoms with van der Waals surface area (Å²) in [6, 6.07) is 8.39. The van der Waals surface area contributed by atoms with E-state index in [2.05, 4.69) is 34.5 Å². The molecule has 96 valence electrons. The Bertz CT molecular complexity index is 451. The van der Waals surface area contributed by atoms with Gasteiger partial charge in [0.25, 0.3) is 0 Å². The van der Waals surface area contributed by atoms with Gasteiger partial charge in [0, 0.05) is 24.3 Å².